The minimum atomic E-state index is -5.54. The zero-order valence-corrected chi connectivity index (χ0v) is 10.5. The molecule has 1 aliphatic rings. The zero-order valence-electron chi connectivity index (χ0n) is 10.5. The largest absolute Gasteiger partial charge is 0.573 e. The van der Waals surface area contributed by atoms with Crippen LogP contribution in [0.4, 0.5) is 39.5 Å². The van der Waals surface area contributed by atoms with E-state index in [1.165, 1.54) is 0 Å². The van der Waals surface area contributed by atoms with Crippen LogP contribution in [0, 0.1) is 5.92 Å². The van der Waals surface area contributed by atoms with Crippen molar-refractivity contribution in [2.45, 2.75) is 32.4 Å². The molecule has 3 nitrogen and oxygen atoms in total. The molecule has 0 unspecified atom stereocenters. The second-order valence-corrected chi connectivity index (χ2v) is 4.11. The summed E-state index contributed by atoms with van der Waals surface area (Å²) >= 11 is 0. The Morgan fingerprint density at radius 3 is 1.68 bits per heavy atom. The Morgan fingerprint density at radius 1 is 0.818 bits per heavy atom. The highest BCUT2D eigenvalue weighted by Gasteiger charge is 2.44. The summed E-state index contributed by atoms with van der Waals surface area (Å²) in [5.74, 6) is -5.84. The molecule has 0 N–H and O–H groups in total. The number of allylic oxidation sites excluding steroid dienone is 2. The molecule has 0 fully saturated rings. The molecule has 0 bridgehead atoms. The molecule has 22 heavy (non-hydrogen) atoms. The molecule has 1 rings (SSSR count). The summed E-state index contributed by atoms with van der Waals surface area (Å²) in [4.78, 5) is 0. The fraction of sp³-hybridized carbons (Fsp3) is 0.600. The van der Waals surface area contributed by atoms with Crippen molar-refractivity contribution in [2.75, 3.05) is 0 Å². The van der Waals surface area contributed by atoms with Crippen molar-refractivity contribution >= 4 is 0 Å². The highest BCUT2D eigenvalue weighted by molar-refractivity contribution is 5.29. The summed E-state index contributed by atoms with van der Waals surface area (Å²) in [6.45, 7) is 1.16. The van der Waals surface area contributed by atoms with Crippen LogP contribution in [-0.2, 0) is 14.2 Å². The van der Waals surface area contributed by atoms with E-state index in [0.29, 0.717) is 6.08 Å². The normalized spacial score (nSPS) is 20.6. The van der Waals surface area contributed by atoms with Gasteiger partial charge >= 0.3 is 19.1 Å². The Balaban J connectivity index is 3.25. The third-order valence-electron chi connectivity index (χ3n) is 2.10. The van der Waals surface area contributed by atoms with Gasteiger partial charge in [0.05, 0.1) is 0 Å². The van der Waals surface area contributed by atoms with E-state index in [1.54, 1.807) is 0 Å². The zero-order chi connectivity index (χ0) is 17.3. The lowest BCUT2D eigenvalue weighted by atomic mass is 9.99. The van der Waals surface area contributed by atoms with E-state index >= 15 is 0 Å². The van der Waals surface area contributed by atoms with Gasteiger partial charge in [-0.2, -0.15) is 0 Å². The van der Waals surface area contributed by atoms with Crippen molar-refractivity contribution in [2.24, 2.45) is 5.92 Å². The van der Waals surface area contributed by atoms with Crippen molar-refractivity contribution in [1.82, 2.24) is 0 Å². The first-order chi connectivity index (χ1) is 9.66. The average molecular weight is 346 g/mol. The van der Waals surface area contributed by atoms with Gasteiger partial charge in [-0.15, -0.1) is 39.5 Å². The molecular weight excluding hydrogens is 339 g/mol. The van der Waals surface area contributed by atoms with E-state index in [-0.39, 0.29) is 0 Å². The monoisotopic (exact) mass is 346 g/mol. The van der Waals surface area contributed by atoms with Gasteiger partial charge in [0, 0.05) is 6.42 Å². The Hall–Kier alpha value is -1.75. The van der Waals surface area contributed by atoms with Gasteiger partial charge in [0.1, 0.15) is 0 Å². The molecular formula is C10H7F9O3. The number of rotatable bonds is 3. The van der Waals surface area contributed by atoms with Gasteiger partial charge in [0.15, 0.2) is 11.5 Å². The SMILES string of the molecule is C[C@@H]1C=C(OC(F)(F)F)C(OC(F)(F)F)=C(OC(F)(F)F)C1. The number of halogens is 9. The van der Waals surface area contributed by atoms with Crippen LogP contribution in [-0.4, -0.2) is 19.1 Å². The molecule has 0 aromatic rings. The second kappa shape index (κ2) is 5.80. The molecule has 1 aliphatic carbocycles. The maximum Gasteiger partial charge on any atom is 0.573 e. The topological polar surface area (TPSA) is 27.7 Å². The van der Waals surface area contributed by atoms with Gasteiger partial charge in [-0.05, 0) is 12.0 Å². The molecule has 0 saturated heterocycles. The van der Waals surface area contributed by atoms with E-state index < -0.39 is 48.7 Å². The third kappa shape index (κ3) is 6.35. The molecule has 0 amide bonds. The van der Waals surface area contributed by atoms with Crippen molar-refractivity contribution < 1.29 is 53.7 Å². The lowest BCUT2D eigenvalue weighted by molar-refractivity contribution is -0.333. The van der Waals surface area contributed by atoms with E-state index in [2.05, 4.69) is 14.2 Å². The van der Waals surface area contributed by atoms with Gasteiger partial charge in [-0.3, -0.25) is 0 Å². The van der Waals surface area contributed by atoms with Crippen molar-refractivity contribution in [3.63, 3.8) is 0 Å². The van der Waals surface area contributed by atoms with Crippen LogP contribution >= 0.6 is 0 Å². The van der Waals surface area contributed by atoms with E-state index in [0.717, 1.165) is 6.92 Å². The van der Waals surface area contributed by atoms with Crippen LogP contribution in [0.2, 0.25) is 0 Å². The van der Waals surface area contributed by atoms with Crippen LogP contribution < -0.4 is 0 Å². The highest BCUT2D eigenvalue weighted by atomic mass is 19.4. The maximum absolute atomic E-state index is 12.2. The van der Waals surface area contributed by atoms with Crippen LogP contribution in [0.25, 0.3) is 0 Å². The van der Waals surface area contributed by atoms with Gasteiger partial charge < -0.3 is 14.2 Å². The second-order valence-electron chi connectivity index (χ2n) is 4.11. The smallest absolute Gasteiger partial charge is 0.406 e. The van der Waals surface area contributed by atoms with E-state index in [9.17, 15) is 39.5 Å². The van der Waals surface area contributed by atoms with E-state index in [4.69, 9.17) is 0 Å². The molecule has 0 radical (unpaired) electrons. The fourth-order valence-electron chi connectivity index (χ4n) is 1.57. The molecule has 0 aromatic heterocycles. The number of hydrogen-bond acceptors (Lipinski definition) is 3. The Kier molecular flexibility index (Phi) is 4.82. The van der Waals surface area contributed by atoms with Crippen LogP contribution in [0.5, 0.6) is 0 Å². The van der Waals surface area contributed by atoms with E-state index in [1.807, 2.05) is 0 Å². The highest BCUT2D eigenvalue weighted by Crippen LogP contribution is 2.39. The Labute approximate surface area is 116 Å². The standard InChI is InChI=1S/C10H7F9O3/c1-4-2-5(20-8(11,12)13)7(22-10(17,18)19)6(3-4)21-9(14,15)16/h2,4H,3H2,1H3/t4-/m1/s1. The van der Waals surface area contributed by atoms with Gasteiger partial charge in [0.25, 0.3) is 0 Å². The van der Waals surface area contributed by atoms with Crippen molar-refractivity contribution in [3.8, 4) is 0 Å². The predicted molar refractivity (Wildman–Crippen MR) is 50.3 cm³/mol. The summed E-state index contributed by atoms with van der Waals surface area (Å²) in [6, 6.07) is 0. The number of hydrogen-bond donors (Lipinski definition) is 0. The third-order valence-corrected chi connectivity index (χ3v) is 2.10. The minimum absolute atomic E-state index is 0.553. The molecule has 0 spiro atoms. The Morgan fingerprint density at radius 2 is 1.27 bits per heavy atom. The summed E-state index contributed by atoms with van der Waals surface area (Å²) in [5, 5.41) is 0. The lowest BCUT2D eigenvalue weighted by Crippen LogP contribution is -2.26. The summed E-state index contributed by atoms with van der Waals surface area (Å²) in [7, 11) is 0. The summed E-state index contributed by atoms with van der Waals surface area (Å²) in [5.41, 5.74) is 0. The molecule has 12 heteroatoms. The van der Waals surface area contributed by atoms with Gasteiger partial charge in [-0.25, -0.2) is 0 Å². The Bertz CT molecular complexity index is 470. The first-order valence-electron chi connectivity index (χ1n) is 5.39. The quantitative estimate of drug-likeness (QED) is 0.692. The van der Waals surface area contributed by atoms with Gasteiger partial charge in [0.2, 0.25) is 5.76 Å². The van der Waals surface area contributed by atoms with Crippen molar-refractivity contribution in [1.29, 1.82) is 0 Å². The predicted octanol–water partition coefficient (Wildman–Crippen LogP) is 4.73. The summed E-state index contributed by atoms with van der Waals surface area (Å²) in [6.07, 6.45) is -16.6. The van der Waals surface area contributed by atoms with Crippen LogP contribution in [0.3, 0.4) is 0 Å². The maximum atomic E-state index is 12.2. The first kappa shape index (κ1) is 18.3. The number of alkyl halides is 9. The lowest BCUT2D eigenvalue weighted by Gasteiger charge is -2.26. The number of ether oxygens (including phenoxy) is 3. The molecule has 0 aliphatic heterocycles. The fourth-order valence-corrected chi connectivity index (χ4v) is 1.57. The molecule has 0 aromatic carbocycles. The molecule has 128 valence electrons. The van der Waals surface area contributed by atoms with Crippen LogP contribution in [0.1, 0.15) is 13.3 Å². The van der Waals surface area contributed by atoms with Gasteiger partial charge in [-0.1, -0.05) is 6.92 Å². The van der Waals surface area contributed by atoms with Crippen molar-refractivity contribution in [3.05, 3.63) is 23.4 Å². The first-order valence-corrected chi connectivity index (χ1v) is 5.39. The van der Waals surface area contributed by atoms with Crippen LogP contribution in [0.15, 0.2) is 23.4 Å². The summed E-state index contributed by atoms with van der Waals surface area (Å²) < 4.78 is 119. The molecule has 0 saturated carbocycles. The minimum Gasteiger partial charge on any atom is -0.406 e. The molecule has 1 atom stereocenters. The average Bonchev–Trinajstić information content (AvgIpc) is 2.16. The molecule has 0 heterocycles.